The van der Waals surface area contributed by atoms with Gasteiger partial charge in [-0.15, -0.1) is 0 Å². The summed E-state index contributed by atoms with van der Waals surface area (Å²) in [6.45, 7) is 1.74. The van der Waals surface area contributed by atoms with E-state index >= 15 is 0 Å². The Morgan fingerprint density at radius 2 is 1.64 bits per heavy atom. The predicted molar refractivity (Wildman–Crippen MR) is 115 cm³/mol. The summed E-state index contributed by atoms with van der Waals surface area (Å²) in [7, 11) is 4.14. The van der Waals surface area contributed by atoms with Crippen LogP contribution in [0.4, 0.5) is 5.69 Å². The summed E-state index contributed by atoms with van der Waals surface area (Å²) in [5.41, 5.74) is 1.68. The van der Waals surface area contributed by atoms with Crippen LogP contribution in [-0.4, -0.2) is 43.8 Å². The first-order valence-corrected chi connectivity index (χ1v) is 9.58. The van der Waals surface area contributed by atoms with Gasteiger partial charge in [0.2, 0.25) is 5.79 Å². The van der Waals surface area contributed by atoms with E-state index in [2.05, 4.69) is 46.7 Å². The van der Waals surface area contributed by atoms with E-state index in [-0.39, 0.29) is 5.91 Å². The molecule has 0 saturated carbocycles. The van der Waals surface area contributed by atoms with Crippen LogP contribution in [0.3, 0.4) is 0 Å². The van der Waals surface area contributed by atoms with Crippen LogP contribution in [0.25, 0.3) is 0 Å². The summed E-state index contributed by atoms with van der Waals surface area (Å²) in [6.07, 6.45) is 8.72. The maximum Gasteiger partial charge on any atom is 0.254 e. The number of benzene rings is 2. The number of carbonyl (C=O) groups is 1. The molecule has 5 nitrogen and oxygen atoms in total. The maximum absolute atomic E-state index is 13.0. The van der Waals surface area contributed by atoms with E-state index in [1.54, 1.807) is 0 Å². The fourth-order valence-electron chi connectivity index (χ4n) is 3.28. The lowest BCUT2D eigenvalue weighted by atomic mass is 10.1. The molecule has 146 valence electrons. The lowest BCUT2D eigenvalue weighted by Gasteiger charge is -2.45. The molecular formula is C23H28N4O. The zero-order valence-corrected chi connectivity index (χ0v) is 16.5. The van der Waals surface area contributed by atoms with E-state index in [9.17, 15) is 4.79 Å². The van der Waals surface area contributed by atoms with Crippen LogP contribution in [0.2, 0.25) is 0 Å². The lowest BCUT2D eigenvalue weighted by Crippen LogP contribution is -2.68. The molecule has 1 aliphatic rings. The highest BCUT2D eigenvalue weighted by atomic mass is 16.2. The number of rotatable bonds is 8. The van der Waals surface area contributed by atoms with Crippen LogP contribution in [0.15, 0.2) is 85.1 Å². The minimum atomic E-state index is -0.838. The Labute approximate surface area is 167 Å². The van der Waals surface area contributed by atoms with Crippen LogP contribution in [-0.2, 0) is 0 Å². The van der Waals surface area contributed by atoms with Gasteiger partial charge in [-0.2, -0.15) is 0 Å². The van der Waals surface area contributed by atoms with Crippen molar-refractivity contribution in [2.24, 2.45) is 0 Å². The molecule has 2 N–H and O–H groups in total. The summed E-state index contributed by atoms with van der Waals surface area (Å²) in [5, 5.41) is 6.59. The topological polar surface area (TPSA) is 47.6 Å². The third-order valence-electron chi connectivity index (χ3n) is 4.67. The number of hydrogen-bond donors (Lipinski definition) is 2. The molecule has 0 fully saturated rings. The Morgan fingerprint density at radius 1 is 0.964 bits per heavy atom. The Morgan fingerprint density at radius 3 is 2.25 bits per heavy atom. The standard InChI is InChI=1S/C23H28N4O/c1-26(2)18-11-19-27(21-14-7-4-8-15-21)23(16-9-10-17-24-23)25-22(28)20-12-5-3-6-13-20/h3-10,12-17,24H,11,18-19H2,1-2H3,(H,25,28). The quantitative estimate of drug-likeness (QED) is 0.695. The lowest BCUT2D eigenvalue weighted by molar-refractivity contribution is 0.0905. The highest BCUT2D eigenvalue weighted by Gasteiger charge is 2.36. The first kappa shape index (κ1) is 19.7. The molecule has 0 aliphatic carbocycles. The SMILES string of the molecule is CN(C)CCCN(c1ccccc1)C1(NC(=O)c2ccccc2)C=CC=CN1. The molecule has 28 heavy (non-hydrogen) atoms. The maximum atomic E-state index is 13.0. The Balaban J connectivity index is 1.92. The summed E-state index contributed by atoms with van der Waals surface area (Å²) in [4.78, 5) is 17.4. The van der Waals surface area contributed by atoms with E-state index < -0.39 is 5.79 Å². The van der Waals surface area contributed by atoms with Gasteiger partial charge in [0.15, 0.2) is 0 Å². The van der Waals surface area contributed by atoms with E-state index in [1.807, 2.05) is 73.0 Å². The molecule has 0 radical (unpaired) electrons. The van der Waals surface area contributed by atoms with Gasteiger partial charge in [-0.1, -0.05) is 42.5 Å². The van der Waals surface area contributed by atoms with Crippen LogP contribution < -0.4 is 15.5 Å². The number of amides is 1. The van der Waals surface area contributed by atoms with Crippen molar-refractivity contribution in [3.05, 3.63) is 90.7 Å². The first-order chi connectivity index (χ1) is 13.6. The minimum absolute atomic E-state index is 0.124. The van der Waals surface area contributed by atoms with Gasteiger partial charge in [-0.25, -0.2) is 0 Å². The van der Waals surface area contributed by atoms with Crippen molar-refractivity contribution in [1.29, 1.82) is 0 Å². The van der Waals surface area contributed by atoms with E-state index in [0.717, 1.165) is 25.2 Å². The Kier molecular flexibility index (Phi) is 6.50. The summed E-state index contributed by atoms with van der Waals surface area (Å²) in [5.74, 6) is -0.961. The number of para-hydroxylation sites is 1. The second kappa shape index (κ2) is 9.24. The highest BCUT2D eigenvalue weighted by molar-refractivity contribution is 5.95. The van der Waals surface area contributed by atoms with Gasteiger partial charge < -0.3 is 20.4 Å². The Hall–Kier alpha value is -3.05. The van der Waals surface area contributed by atoms with Gasteiger partial charge in [0.05, 0.1) is 0 Å². The number of nitrogens with zero attached hydrogens (tertiary/aromatic N) is 2. The first-order valence-electron chi connectivity index (χ1n) is 9.58. The van der Waals surface area contributed by atoms with Crippen LogP contribution >= 0.6 is 0 Å². The van der Waals surface area contributed by atoms with Crippen molar-refractivity contribution in [3.8, 4) is 0 Å². The van der Waals surface area contributed by atoms with Crippen molar-refractivity contribution < 1.29 is 4.79 Å². The fourth-order valence-corrected chi connectivity index (χ4v) is 3.28. The zero-order valence-electron chi connectivity index (χ0n) is 16.5. The summed E-state index contributed by atoms with van der Waals surface area (Å²) < 4.78 is 0. The van der Waals surface area contributed by atoms with Crippen molar-refractivity contribution in [2.45, 2.75) is 12.2 Å². The number of carbonyl (C=O) groups excluding carboxylic acids is 1. The number of hydrogen-bond acceptors (Lipinski definition) is 4. The van der Waals surface area contributed by atoms with Crippen LogP contribution in [0.1, 0.15) is 16.8 Å². The highest BCUT2D eigenvalue weighted by Crippen LogP contribution is 2.24. The molecule has 0 bridgehead atoms. The van der Waals surface area contributed by atoms with Gasteiger partial charge in [0, 0.05) is 24.0 Å². The van der Waals surface area contributed by atoms with Crippen LogP contribution in [0.5, 0.6) is 0 Å². The van der Waals surface area contributed by atoms with Crippen molar-refractivity contribution in [1.82, 2.24) is 15.5 Å². The average Bonchev–Trinajstić information content (AvgIpc) is 2.73. The predicted octanol–water partition coefficient (Wildman–Crippen LogP) is 3.20. The molecule has 1 atom stereocenters. The van der Waals surface area contributed by atoms with E-state index in [4.69, 9.17) is 0 Å². The van der Waals surface area contributed by atoms with Gasteiger partial charge >= 0.3 is 0 Å². The number of anilines is 1. The van der Waals surface area contributed by atoms with Crippen molar-refractivity contribution in [2.75, 3.05) is 32.1 Å². The molecule has 1 amide bonds. The fraction of sp³-hybridized carbons (Fsp3) is 0.261. The summed E-state index contributed by atoms with van der Waals surface area (Å²) in [6, 6.07) is 19.5. The van der Waals surface area contributed by atoms with Gasteiger partial charge in [-0.05, 0) is 63.5 Å². The third-order valence-corrected chi connectivity index (χ3v) is 4.67. The minimum Gasteiger partial charge on any atom is -0.349 e. The molecule has 1 unspecified atom stereocenters. The van der Waals surface area contributed by atoms with Crippen molar-refractivity contribution >= 4 is 11.6 Å². The number of nitrogens with one attached hydrogen (secondary N) is 2. The largest absolute Gasteiger partial charge is 0.349 e. The molecule has 0 spiro atoms. The molecule has 3 rings (SSSR count). The molecule has 1 aliphatic heterocycles. The van der Waals surface area contributed by atoms with Gasteiger partial charge in [0.1, 0.15) is 0 Å². The van der Waals surface area contributed by atoms with Crippen molar-refractivity contribution in [3.63, 3.8) is 0 Å². The normalized spacial score (nSPS) is 18.0. The molecule has 0 saturated heterocycles. The van der Waals surface area contributed by atoms with E-state index in [0.29, 0.717) is 5.56 Å². The molecular weight excluding hydrogens is 348 g/mol. The second-order valence-corrected chi connectivity index (χ2v) is 7.09. The molecule has 1 heterocycles. The zero-order chi connectivity index (χ0) is 19.8. The molecule has 2 aromatic carbocycles. The van der Waals surface area contributed by atoms with E-state index in [1.165, 1.54) is 0 Å². The molecule has 2 aromatic rings. The second-order valence-electron chi connectivity index (χ2n) is 7.09. The Bertz CT molecular complexity index is 817. The van der Waals surface area contributed by atoms with Gasteiger partial charge in [0.25, 0.3) is 5.91 Å². The number of allylic oxidation sites excluding steroid dienone is 2. The molecule has 0 aromatic heterocycles. The third kappa shape index (κ3) is 4.81. The summed E-state index contributed by atoms with van der Waals surface area (Å²) >= 11 is 0. The number of dihydropyridines is 1. The van der Waals surface area contributed by atoms with Gasteiger partial charge in [-0.3, -0.25) is 4.79 Å². The van der Waals surface area contributed by atoms with Crippen LogP contribution in [0, 0.1) is 0 Å². The molecule has 5 heteroatoms. The smallest absolute Gasteiger partial charge is 0.254 e. The average molecular weight is 377 g/mol. The monoisotopic (exact) mass is 376 g/mol.